The van der Waals surface area contributed by atoms with Crippen molar-refractivity contribution < 1.29 is 0 Å². The third-order valence-electron chi connectivity index (χ3n) is 6.89. The van der Waals surface area contributed by atoms with Crippen molar-refractivity contribution in [3.05, 3.63) is 39.5 Å². The van der Waals surface area contributed by atoms with E-state index in [9.17, 15) is 0 Å². The van der Waals surface area contributed by atoms with Gasteiger partial charge in [-0.2, -0.15) is 4.98 Å². The van der Waals surface area contributed by atoms with Crippen LogP contribution in [-0.4, -0.2) is 41.3 Å². The van der Waals surface area contributed by atoms with E-state index in [2.05, 4.69) is 82.9 Å². The largest absolute Gasteiger partial charge is 0.362 e. The van der Waals surface area contributed by atoms with Crippen LogP contribution in [-0.2, 0) is 12.8 Å². The van der Waals surface area contributed by atoms with Gasteiger partial charge in [-0.15, -0.1) is 0 Å². The van der Waals surface area contributed by atoms with Crippen LogP contribution in [0.5, 0.6) is 0 Å². The molecule has 0 unspecified atom stereocenters. The number of aryl methyl sites for hydroxylation is 1. The standard InChI is InChI=1S/C26H37BrN6S/c1-16(2)17-9-14-23(21(27)15-17)31-26(34)29-19-12-10-18(11-13-19)28-25-30-22-8-6-5-7-20(22)24(32-25)33(3)4/h9,14-16,18-19H,5-8,10-13H2,1-4H3,(H,28,30,32)(H2,29,31,34). The maximum atomic E-state index is 5.61. The third-order valence-corrected chi connectivity index (χ3v) is 7.76. The lowest BCUT2D eigenvalue weighted by atomic mass is 9.91. The first-order valence-corrected chi connectivity index (χ1v) is 13.7. The molecule has 0 radical (unpaired) electrons. The lowest BCUT2D eigenvalue weighted by molar-refractivity contribution is 0.387. The molecule has 0 amide bonds. The molecule has 184 valence electrons. The first kappa shape index (κ1) is 25.2. The molecule has 4 rings (SSSR count). The molecule has 0 spiro atoms. The zero-order chi connectivity index (χ0) is 24.2. The summed E-state index contributed by atoms with van der Waals surface area (Å²) in [4.78, 5) is 11.9. The molecule has 8 heteroatoms. The predicted octanol–water partition coefficient (Wildman–Crippen LogP) is 6.02. The van der Waals surface area contributed by atoms with Gasteiger partial charge < -0.3 is 20.9 Å². The molecule has 2 aliphatic rings. The highest BCUT2D eigenvalue weighted by Crippen LogP contribution is 2.30. The van der Waals surface area contributed by atoms with Gasteiger partial charge in [0.1, 0.15) is 5.82 Å². The number of hydrogen-bond acceptors (Lipinski definition) is 5. The zero-order valence-corrected chi connectivity index (χ0v) is 23.2. The van der Waals surface area contributed by atoms with Crippen LogP contribution in [0.1, 0.15) is 75.1 Å². The molecular formula is C26H37BrN6S. The van der Waals surface area contributed by atoms with Crippen LogP contribution in [0.2, 0.25) is 0 Å². The molecule has 1 saturated carbocycles. The number of halogens is 1. The Morgan fingerprint density at radius 1 is 1.06 bits per heavy atom. The predicted molar refractivity (Wildman–Crippen MR) is 150 cm³/mol. The van der Waals surface area contributed by atoms with Gasteiger partial charge in [0.25, 0.3) is 0 Å². The van der Waals surface area contributed by atoms with Crippen molar-refractivity contribution in [1.82, 2.24) is 15.3 Å². The van der Waals surface area contributed by atoms with E-state index < -0.39 is 0 Å². The first-order chi connectivity index (χ1) is 16.3. The van der Waals surface area contributed by atoms with E-state index in [1.807, 2.05) is 0 Å². The summed E-state index contributed by atoms with van der Waals surface area (Å²) < 4.78 is 1.04. The summed E-state index contributed by atoms with van der Waals surface area (Å²) in [7, 11) is 4.15. The Balaban J connectivity index is 1.29. The summed E-state index contributed by atoms with van der Waals surface area (Å²) in [6.07, 6.45) is 8.89. The molecule has 34 heavy (non-hydrogen) atoms. The van der Waals surface area contributed by atoms with Crippen LogP contribution >= 0.6 is 28.1 Å². The van der Waals surface area contributed by atoms with E-state index in [1.54, 1.807) is 0 Å². The van der Waals surface area contributed by atoms with Crippen molar-refractivity contribution >= 4 is 50.7 Å². The van der Waals surface area contributed by atoms with Crippen molar-refractivity contribution in [3.8, 4) is 0 Å². The number of anilines is 3. The highest BCUT2D eigenvalue weighted by Gasteiger charge is 2.24. The smallest absolute Gasteiger partial charge is 0.225 e. The van der Waals surface area contributed by atoms with Crippen LogP contribution < -0.4 is 20.9 Å². The Kier molecular flexibility index (Phi) is 8.30. The number of aromatic nitrogens is 2. The minimum atomic E-state index is 0.383. The molecule has 0 saturated heterocycles. The molecule has 0 bridgehead atoms. The van der Waals surface area contributed by atoms with Crippen LogP contribution in [0.3, 0.4) is 0 Å². The number of hydrogen-bond donors (Lipinski definition) is 3. The normalized spacial score (nSPS) is 19.9. The van der Waals surface area contributed by atoms with Crippen molar-refractivity contribution in [2.75, 3.05) is 29.6 Å². The summed E-state index contributed by atoms with van der Waals surface area (Å²) in [5.41, 5.74) is 4.87. The number of nitrogens with zero attached hydrogens (tertiary/aromatic N) is 3. The topological polar surface area (TPSA) is 65.1 Å². The van der Waals surface area contributed by atoms with Crippen molar-refractivity contribution in [2.24, 2.45) is 0 Å². The molecule has 1 aromatic carbocycles. The van der Waals surface area contributed by atoms with Crippen molar-refractivity contribution in [1.29, 1.82) is 0 Å². The van der Waals surface area contributed by atoms with Crippen LogP contribution in [0, 0.1) is 0 Å². The van der Waals surface area contributed by atoms with Gasteiger partial charge in [0.05, 0.1) is 11.4 Å². The van der Waals surface area contributed by atoms with E-state index in [4.69, 9.17) is 22.2 Å². The van der Waals surface area contributed by atoms with Crippen LogP contribution in [0.25, 0.3) is 0 Å². The van der Waals surface area contributed by atoms with Gasteiger partial charge in [-0.25, -0.2) is 4.98 Å². The first-order valence-electron chi connectivity index (χ1n) is 12.5. The lowest BCUT2D eigenvalue weighted by Crippen LogP contribution is -2.42. The Morgan fingerprint density at radius 3 is 2.44 bits per heavy atom. The average molecular weight is 546 g/mol. The Labute approximate surface area is 217 Å². The second-order valence-corrected chi connectivity index (χ2v) is 11.3. The van der Waals surface area contributed by atoms with Gasteiger partial charge in [0.15, 0.2) is 5.11 Å². The van der Waals surface area contributed by atoms with Crippen LogP contribution in [0.4, 0.5) is 17.5 Å². The van der Waals surface area contributed by atoms with Crippen LogP contribution in [0.15, 0.2) is 22.7 Å². The molecule has 0 atom stereocenters. The molecule has 2 aliphatic carbocycles. The summed E-state index contributed by atoms with van der Waals surface area (Å²) in [6, 6.07) is 7.19. The number of rotatable bonds is 6. The van der Waals surface area contributed by atoms with Crippen molar-refractivity contribution in [3.63, 3.8) is 0 Å². The summed E-state index contributed by atoms with van der Waals surface area (Å²) in [5, 5.41) is 11.2. The zero-order valence-electron chi connectivity index (χ0n) is 20.7. The fourth-order valence-corrected chi connectivity index (χ4v) is 5.68. The van der Waals surface area contributed by atoms with Gasteiger partial charge in [0, 0.05) is 36.2 Å². The number of nitrogens with one attached hydrogen (secondary N) is 3. The van der Waals surface area contributed by atoms with Gasteiger partial charge in [0.2, 0.25) is 5.95 Å². The van der Waals surface area contributed by atoms with E-state index in [0.29, 0.717) is 23.1 Å². The Morgan fingerprint density at radius 2 is 1.76 bits per heavy atom. The molecule has 1 heterocycles. The molecule has 1 aromatic heterocycles. The highest BCUT2D eigenvalue weighted by atomic mass is 79.9. The van der Waals surface area contributed by atoms with E-state index in [-0.39, 0.29) is 0 Å². The lowest BCUT2D eigenvalue weighted by Gasteiger charge is -2.31. The fourth-order valence-electron chi connectivity index (χ4n) is 4.91. The summed E-state index contributed by atoms with van der Waals surface area (Å²) >= 11 is 9.28. The third kappa shape index (κ3) is 6.19. The molecule has 1 fully saturated rings. The SMILES string of the molecule is CC(C)c1ccc(NC(=S)NC2CCC(Nc3nc4c(c(N(C)C)n3)CCCC4)CC2)c(Br)c1. The summed E-state index contributed by atoms with van der Waals surface area (Å²) in [5.74, 6) is 2.36. The summed E-state index contributed by atoms with van der Waals surface area (Å²) in [6.45, 7) is 4.40. The van der Waals surface area contributed by atoms with E-state index in [0.717, 1.165) is 60.5 Å². The quantitative estimate of drug-likeness (QED) is 0.384. The van der Waals surface area contributed by atoms with Gasteiger partial charge in [-0.1, -0.05) is 19.9 Å². The molecule has 6 nitrogen and oxygen atoms in total. The van der Waals surface area contributed by atoms with Gasteiger partial charge >= 0.3 is 0 Å². The van der Waals surface area contributed by atoms with Gasteiger partial charge in [-0.05, 0) is 103 Å². The maximum Gasteiger partial charge on any atom is 0.225 e. The molecule has 0 aliphatic heterocycles. The fraction of sp³-hybridized carbons (Fsp3) is 0.577. The van der Waals surface area contributed by atoms with Crippen molar-refractivity contribution in [2.45, 2.75) is 83.2 Å². The Bertz CT molecular complexity index is 1020. The minimum absolute atomic E-state index is 0.383. The second kappa shape index (κ2) is 11.2. The maximum absolute atomic E-state index is 5.61. The number of thiocarbonyl (C=S) groups is 1. The average Bonchev–Trinajstić information content (AvgIpc) is 2.81. The number of benzene rings is 1. The highest BCUT2D eigenvalue weighted by molar-refractivity contribution is 9.10. The molecule has 3 N–H and O–H groups in total. The molecule has 2 aromatic rings. The Hall–Kier alpha value is -1.93. The van der Waals surface area contributed by atoms with E-state index in [1.165, 1.54) is 29.7 Å². The second-order valence-electron chi connectivity index (χ2n) is 10.1. The monoisotopic (exact) mass is 544 g/mol. The minimum Gasteiger partial charge on any atom is -0.362 e. The number of fused-ring (bicyclic) bond motifs is 1. The van der Waals surface area contributed by atoms with Gasteiger partial charge in [-0.3, -0.25) is 0 Å². The molecular weight excluding hydrogens is 508 g/mol. The van der Waals surface area contributed by atoms with E-state index >= 15 is 0 Å².